The molecule has 7 heteroatoms. The normalized spacial score (nSPS) is 23.2. The highest BCUT2D eigenvalue weighted by molar-refractivity contribution is 7.89. The van der Waals surface area contributed by atoms with Gasteiger partial charge >= 0.3 is 0 Å². The first kappa shape index (κ1) is 16.9. The Bertz CT molecular complexity index is 635. The third-order valence-corrected chi connectivity index (χ3v) is 5.35. The van der Waals surface area contributed by atoms with Gasteiger partial charge in [-0.1, -0.05) is 0 Å². The second kappa shape index (κ2) is 6.76. The average molecular weight is 325 g/mol. The lowest BCUT2D eigenvalue weighted by atomic mass is 10.2. The molecule has 0 saturated carbocycles. The van der Waals surface area contributed by atoms with E-state index in [0.717, 1.165) is 0 Å². The molecule has 1 aromatic carbocycles. The summed E-state index contributed by atoms with van der Waals surface area (Å²) in [6.45, 7) is 6.89. The standard InChI is InChI=1S/C15H21N2O4S/c1-4-21-15-6-5-14(7-13(15)10-18)22(19,20)17-8-11(2)16-12(3)9-17/h5-7,11-12,16H,4,8-9H2,1-3H3/t11-,12+. The average Bonchev–Trinajstić information content (AvgIpc) is 2.46. The first-order chi connectivity index (χ1) is 10.4. The fraction of sp³-hybridized carbons (Fsp3) is 0.533. The van der Waals surface area contributed by atoms with E-state index in [9.17, 15) is 13.2 Å². The lowest BCUT2D eigenvalue weighted by molar-refractivity contribution is 0.263. The Labute approximate surface area is 131 Å². The van der Waals surface area contributed by atoms with Crippen molar-refractivity contribution in [2.45, 2.75) is 37.8 Å². The lowest BCUT2D eigenvalue weighted by Gasteiger charge is -2.35. The van der Waals surface area contributed by atoms with Gasteiger partial charge in [0, 0.05) is 25.2 Å². The van der Waals surface area contributed by atoms with Gasteiger partial charge in [0.1, 0.15) is 5.75 Å². The quantitative estimate of drug-likeness (QED) is 0.871. The van der Waals surface area contributed by atoms with E-state index >= 15 is 0 Å². The van der Waals surface area contributed by atoms with E-state index < -0.39 is 10.0 Å². The van der Waals surface area contributed by atoms with Gasteiger partial charge in [-0.25, -0.2) is 8.42 Å². The number of rotatable bonds is 5. The van der Waals surface area contributed by atoms with E-state index in [2.05, 4.69) is 5.32 Å². The molecule has 2 atom stereocenters. The Morgan fingerprint density at radius 3 is 2.50 bits per heavy atom. The summed E-state index contributed by atoms with van der Waals surface area (Å²) >= 11 is 0. The summed E-state index contributed by atoms with van der Waals surface area (Å²) in [6.07, 6.45) is 1.74. The smallest absolute Gasteiger partial charge is 0.243 e. The van der Waals surface area contributed by atoms with Crippen LogP contribution >= 0.6 is 0 Å². The molecular weight excluding hydrogens is 304 g/mol. The van der Waals surface area contributed by atoms with Crippen LogP contribution in [0.3, 0.4) is 0 Å². The minimum atomic E-state index is -3.63. The predicted octanol–water partition coefficient (Wildman–Crippen LogP) is 0.914. The van der Waals surface area contributed by atoms with Crippen LogP contribution in [0.1, 0.15) is 26.3 Å². The molecule has 1 aromatic rings. The molecule has 121 valence electrons. The molecule has 0 aromatic heterocycles. The topological polar surface area (TPSA) is 75.7 Å². The van der Waals surface area contributed by atoms with E-state index in [-0.39, 0.29) is 22.5 Å². The number of carbonyl (C=O) groups excluding carboxylic acids is 1. The first-order valence-corrected chi connectivity index (χ1v) is 8.73. The van der Waals surface area contributed by atoms with Gasteiger partial charge in [0.25, 0.3) is 0 Å². The summed E-state index contributed by atoms with van der Waals surface area (Å²) < 4.78 is 32.2. The van der Waals surface area contributed by atoms with Crippen LogP contribution in [0.4, 0.5) is 0 Å². The lowest BCUT2D eigenvalue weighted by Crippen LogP contribution is -2.55. The van der Waals surface area contributed by atoms with Crippen LogP contribution in [-0.4, -0.2) is 50.8 Å². The van der Waals surface area contributed by atoms with Crippen LogP contribution in [0.15, 0.2) is 23.1 Å². The minimum absolute atomic E-state index is 0.0818. The summed E-state index contributed by atoms with van der Waals surface area (Å²) in [4.78, 5) is 11.1. The molecule has 1 aliphatic rings. The van der Waals surface area contributed by atoms with E-state index in [1.807, 2.05) is 13.8 Å². The van der Waals surface area contributed by atoms with Gasteiger partial charge in [-0.15, -0.1) is 0 Å². The highest BCUT2D eigenvalue weighted by Crippen LogP contribution is 2.24. The third kappa shape index (κ3) is 3.48. The number of benzene rings is 1. The first-order valence-electron chi connectivity index (χ1n) is 7.29. The maximum absolute atomic E-state index is 12.7. The van der Waals surface area contributed by atoms with E-state index in [1.165, 1.54) is 22.5 Å². The molecule has 1 heterocycles. The summed E-state index contributed by atoms with van der Waals surface area (Å²) in [5.74, 6) is 0.346. The zero-order valence-corrected chi connectivity index (χ0v) is 13.8. The van der Waals surface area contributed by atoms with Crippen molar-refractivity contribution in [2.24, 2.45) is 0 Å². The molecule has 6 nitrogen and oxygen atoms in total. The van der Waals surface area contributed by atoms with Crippen LogP contribution in [-0.2, 0) is 14.8 Å². The molecule has 1 saturated heterocycles. The molecule has 2 rings (SSSR count). The Balaban J connectivity index is 2.35. The highest BCUT2D eigenvalue weighted by atomic mass is 32.2. The molecule has 0 amide bonds. The monoisotopic (exact) mass is 325 g/mol. The fourth-order valence-electron chi connectivity index (χ4n) is 2.65. The molecule has 1 aliphatic heterocycles. The predicted molar refractivity (Wildman–Crippen MR) is 83.2 cm³/mol. The maximum Gasteiger partial charge on any atom is 0.243 e. The zero-order valence-electron chi connectivity index (χ0n) is 13.0. The summed E-state index contributed by atoms with van der Waals surface area (Å²) in [5, 5.41) is 3.29. The van der Waals surface area contributed by atoms with Crippen molar-refractivity contribution in [1.82, 2.24) is 9.62 Å². The number of nitrogens with one attached hydrogen (secondary N) is 1. The number of nitrogens with zero attached hydrogens (tertiary/aromatic N) is 1. The molecule has 0 unspecified atom stereocenters. The van der Waals surface area contributed by atoms with E-state index in [0.29, 0.717) is 25.4 Å². The van der Waals surface area contributed by atoms with Crippen molar-refractivity contribution >= 4 is 16.3 Å². The molecule has 1 N–H and O–H groups in total. The Hall–Kier alpha value is -1.44. The van der Waals surface area contributed by atoms with Gasteiger partial charge in [0.05, 0.1) is 17.1 Å². The summed E-state index contributed by atoms with van der Waals surface area (Å²) in [7, 11) is -3.63. The van der Waals surface area contributed by atoms with Crippen molar-refractivity contribution in [3.8, 4) is 5.75 Å². The van der Waals surface area contributed by atoms with Gasteiger partial charge in [-0.2, -0.15) is 4.31 Å². The second-order valence-electron chi connectivity index (χ2n) is 5.48. The number of sulfonamides is 1. The van der Waals surface area contributed by atoms with Crippen molar-refractivity contribution in [3.05, 3.63) is 23.8 Å². The van der Waals surface area contributed by atoms with Crippen LogP contribution in [0, 0.1) is 0 Å². The van der Waals surface area contributed by atoms with Crippen molar-refractivity contribution in [1.29, 1.82) is 0 Å². The molecule has 1 fully saturated rings. The van der Waals surface area contributed by atoms with Gasteiger partial charge in [0.15, 0.2) is 0 Å². The Morgan fingerprint density at radius 2 is 1.95 bits per heavy atom. The number of hydrogen-bond acceptors (Lipinski definition) is 5. The Morgan fingerprint density at radius 1 is 1.32 bits per heavy atom. The highest BCUT2D eigenvalue weighted by Gasteiger charge is 2.31. The van der Waals surface area contributed by atoms with Crippen LogP contribution < -0.4 is 10.1 Å². The SMILES string of the molecule is CCOc1ccc(S(=O)(=O)N2C[C@@H](C)N[C@@H](C)C2)cc1[C]=O. The van der Waals surface area contributed by atoms with Crippen molar-refractivity contribution < 1.29 is 17.9 Å². The molecule has 0 aliphatic carbocycles. The zero-order chi connectivity index (χ0) is 16.3. The van der Waals surface area contributed by atoms with Gasteiger partial charge in [0.2, 0.25) is 16.3 Å². The largest absolute Gasteiger partial charge is 0.493 e. The third-order valence-electron chi connectivity index (χ3n) is 3.52. The molecular formula is C15H21N2O4S. The number of ether oxygens (including phenoxy) is 1. The molecule has 1 radical (unpaired) electrons. The van der Waals surface area contributed by atoms with Crippen LogP contribution in [0.2, 0.25) is 0 Å². The van der Waals surface area contributed by atoms with Crippen molar-refractivity contribution in [2.75, 3.05) is 19.7 Å². The summed E-state index contributed by atoms with van der Waals surface area (Å²) in [6, 6.07) is 4.46. The van der Waals surface area contributed by atoms with Crippen molar-refractivity contribution in [3.63, 3.8) is 0 Å². The molecule has 0 bridgehead atoms. The number of piperazine rings is 1. The second-order valence-corrected chi connectivity index (χ2v) is 7.42. The number of hydrogen-bond donors (Lipinski definition) is 1. The summed E-state index contributed by atoms with van der Waals surface area (Å²) in [5.41, 5.74) is 0.124. The van der Waals surface area contributed by atoms with E-state index in [1.54, 1.807) is 13.2 Å². The van der Waals surface area contributed by atoms with Crippen LogP contribution in [0.5, 0.6) is 5.75 Å². The van der Waals surface area contributed by atoms with Gasteiger partial charge in [-0.05, 0) is 39.0 Å². The van der Waals surface area contributed by atoms with Gasteiger partial charge in [-0.3, -0.25) is 4.79 Å². The van der Waals surface area contributed by atoms with Gasteiger partial charge < -0.3 is 10.1 Å². The molecule has 22 heavy (non-hydrogen) atoms. The van der Waals surface area contributed by atoms with Crippen LogP contribution in [0.25, 0.3) is 0 Å². The van der Waals surface area contributed by atoms with E-state index in [4.69, 9.17) is 4.74 Å². The molecule has 0 spiro atoms. The Kier molecular flexibility index (Phi) is 5.20. The minimum Gasteiger partial charge on any atom is -0.493 e. The fourth-order valence-corrected chi connectivity index (χ4v) is 4.30. The maximum atomic E-state index is 12.7.